The minimum absolute atomic E-state index is 0.151. The van der Waals surface area contributed by atoms with Gasteiger partial charge in [-0.1, -0.05) is 11.6 Å². The molecule has 5 nitrogen and oxygen atoms in total. The molecule has 3 aromatic rings. The van der Waals surface area contributed by atoms with Crippen molar-refractivity contribution in [2.24, 2.45) is 5.73 Å². The first kappa shape index (κ1) is 16.0. The molecule has 2 heterocycles. The SMILES string of the molecule is NCCc1nc(C(=O)NCCc2c[nH]c3ccc(Cl)cc23)cs1. The van der Waals surface area contributed by atoms with E-state index >= 15 is 0 Å². The van der Waals surface area contributed by atoms with Crippen LogP contribution in [0.1, 0.15) is 21.1 Å². The minimum Gasteiger partial charge on any atom is -0.361 e. The third kappa shape index (κ3) is 3.72. The lowest BCUT2D eigenvalue weighted by Gasteiger charge is -2.03. The van der Waals surface area contributed by atoms with Gasteiger partial charge in [0.05, 0.1) is 5.01 Å². The van der Waals surface area contributed by atoms with Crippen LogP contribution >= 0.6 is 22.9 Å². The van der Waals surface area contributed by atoms with Crippen LogP contribution in [0.4, 0.5) is 0 Å². The van der Waals surface area contributed by atoms with E-state index in [1.807, 2.05) is 24.4 Å². The molecule has 7 heteroatoms. The van der Waals surface area contributed by atoms with Gasteiger partial charge in [0.15, 0.2) is 0 Å². The Balaban J connectivity index is 1.59. The number of amides is 1. The number of benzene rings is 1. The monoisotopic (exact) mass is 348 g/mol. The number of fused-ring (bicyclic) bond motifs is 1. The highest BCUT2D eigenvalue weighted by Gasteiger charge is 2.10. The van der Waals surface area contributed by atoms with E-state index in [2.05, 4.69) is 15.3 Å². The first-order valence-corrected chi connectivity index (χ1v) is 8.61. The van der Waals surface area contributed by atoms with Gasteiger partial charge in [0.25, 0.3) is 5.91 Å². The Morgan fingerprint density at radius 2 is 2.26 bits per heavy atom. The average Bonchev–Trinajstić information content (AvgIpc) is 3.15. The molecule has 0 radical (unpaired) electrons. The fourth-order valence-electron chi connectivity index (χ4n) is 2.41. The second kappa shape index (κ2) is 7.12. The molecule has 0 spiro atoms. The van der Waals surface area contributed by atoms with Gasteiger partial charge in [-0.2, -0.15) is 0 Å². The normalized spacial score (nSPS) is 11.0. The smallest absolute Gasteiger partial charge is 0.270 e. The maximum Gasteiger partial charge on any atom is 0.270 e. The van der Waals surface area contributed by atoms with Gasteiger partial charge < -0.3 is 16.0 Å². The molecule has 23 heavy (non-hydrogen) atoms. The zero-order valence-corrected chi connectivity index (χ0v) is 14.0. The maximum atomic E-state index is 12.1. The molecule has 4 N–H and O–H groups in total. The van der Waals surface area contributed by atoms with E-state index in [1.54, 1.807) is 5.38 Å². The van der Waals surface area contributed by atoms with Crippen molar-refractivity contribution >= 4 is 39.7 Å². The number of rotatable bonds is 6. The molecule has 0 aliphatic carbocycles. The van der Waals surface area contributed by atoms with E-state index < -0.39 is 0 Å². The number of H-pyrrole nitrogens is 1. The molecular weight excluding hydrogens is 332 g/mol. The number of nitrogens with one attached hydrogen (secondary N) is 2. The molecule has 0 aliphatic rings. The first-order valence-electron chi connectivity index (χ1n) is 7.35. The Morgan fingerprint density at radius 3 is 3.09 bits per heavy atom. The van der Waals surface area contributed by atoms with Crippen molar-refractivity contribution in [2.75, 3.05) is 13.1 Å². The van der Waals surface area contributed by atoms with Gasteiger partial charge in [-0.15, -0.1) is 11.3 Å². The number of thiazole rings is 1. The summed E-state index contributed by atoms with van der Waals surface area (Å²) in [6.45, 7) is 1.08. The minimum atomic E-state index is -0.151. The highest BCUT2D eigenvalue weighted by Crippen LogP contribution is 2.22. The van der Waals surface area contributed by atoms with Gasteiger partial charge in [0, 0.05) is 40.5 Å². The van der Waals surface area contributed by atoms with Crippen LogP contribution in [0, 0.1) is 0 Å². The number of nitrogens with two attached hydrogens (primary N) is 1. The highest BCUT2D eigenvalue weighted by atomic mass is 35.5. The van der Waals surface area contributed by atoms with Crippen molar-refractivity contribution in [1.82, 2.24) is 15.3 Å². The Kier molecular flexibility index (Phi) is 4.95. The van der Waals surface area contributed by atoms with Gasteiger partial charge in [0.1, 0.15) is 5.69 Å². The second-order valence-corrected chi connectivity index (χ2v) is 6.55. The van der Waals surface area contributed by atoms with Crippen molar-refractivity contribution < 1.29 is 4.79 Å². The molecule has 0 bridgehead atoms. The highest BCUT2D eigenvalue weighted by molar-refractivity contribution is 7.09. The molecule has 0 unspecified atom stereocenters. The zero-order valence-electron chi connectivity index (χ0n) is 12.4. The predicted octanol–water partition coefficient (Wildman–Crippen LogP) is 2.75. The number of hydrogen-bond acceptors (Lipinski definition) is 4. The van der Waals surface area contributed by atoms with Gasteiger partial charge in [-0.25, -0.2) is 4.98 Å². The quantitative estimate of drug-likeness (QED) is 0.640. The van der Waals surface area contributed by atoms with E-state index in [0.29, 0.717) is 30.2 Å². The largest absolute Gasteiger partial charge is 0.361 e. The fraction of sp³-hybridized carbons (Fsp3) is 0.250. The summed E-state index contributed by atoms with van der Waals surface area (Å²) in [5.74, 6) is -0.151. The van der Waals surface area contributed by atoms with Crippen LogP contribution in [0.15, 0.2) is 29.8 Å². The van der Waals surface area contributed by atoms with Crippen LogP contribution < -0.4 is 11.1 Å². The number of carbonyl (C=O) groups is 1. The summed E-state index contributed by atoms with van der Waals surface area (Å²) in [5.41, 5.74) is 8.12. The molecule has 120 valence electrons. The molecule has 0 aliphatic heterocycles. The van der Waals surface area contributed by atoms with Crippen LogP contribution in [0.25, 0.3) is 10.9 Å². The number of halogens is 1. The summed E-state index contributed by atoms with van der Waals surface area (Å²) in [6, 6.07) is 5.74. The molecule has 1 aromatic carbocycles. The number of carbonyl (C=O) groups excluding carboxylic acids is 1. The molecule has 0 atom stereocenters. The molecule has 0 saturated carbocycles. The van der Waals surface area contributed by atoms with E-state index in [-0.39, 0.29) is 5.91 Å². The summed E-state index contributed by atoms with van der Waals surface area (Å²) < 4.78 is 0. The molecular formula is C16H17ClN4OS. The van der Waals surface area contributed by atoms with Crippen LogP contribution in [0.5, 0.6) is 0 Å². The van der Waals surface area contributed by atoms with Crippen molar-refractivity contribution in [3.05, 3.63) is 51.1 Å². The second-order valence-electron chi connectivity index (χ2n) is 5.17. The van der Waals surface area contributed by atoms with Crippen molar-refractivity contribution in [1.29, 1.82) is 0 Å². The lowest BCUT2D eigenvalue weighted by molar-refractivity contribution is 0.0949. The van der Waals surface area contributed by atoms with Gasteiger partial charge in [0.2, 0.25) is 0 Å². The van der Waals surface area contributed by atoms with Crippen molar-refractivity contribution in [3.63, 3.8) is 0 Å². The molecule has 0 fully saturated rings. The maximum absolute atomic E-state index is 12.1. The Labute approximate surface area is 142 Å². The van der Waals surface area contributed by atoms with Gasteiger partial charge >= 0.3 is 0 Å². The topological polar surface area (TPSA) is 83.8 Å². The van der Waals surface area contributed by atoms with E-state index in [1.165, 1.54) is 11.3 Å². The molecule has 3 rings (SSSR count). The Morgan fingerprint density at radius 1 is 1.39 bits per heavy atom. The van der Waals surface area contributed by atoms with Crippen molar-refractivity contribution in [2.45, 2.75) is 12.8 Å². The van der Waals surface area contributed by atoms with E-state index in [4.69, 9.17) is 17.3 Å². The average molecular weight is 349 g/mol. The summed E-state index contributed by atoms with van der Waals surface area (Å²) in [5, 5.41) is 7.36. The summed E-state index contributed by atoms with van der Waals surface area (Å²) in [6.07, 6.45) is 3.38. The van der Waals surface area contributed by atoms with Gasteiger partial charge in [-0.3, -0.25) is 4.79 Å². The first-order chi connectivity index (χ1) is 11.2. The van der Waals surface area contributed by atoms with Gasteiger partial charge in [-0.05, 0) is 36.7 Å². The lowest BCUT2D eigenvalue weighted by atomic mass is 10.1. The third-order valence-corrected chi connectivity index (χ3v) is 4.70. The lowest BCUT2D eigenvalue weighted by Crippen LogP contribution is -2.26. The summed E-state index contributed by atoms with van der Waals surface area (Å²) in [4.78, 5) is 19.6. The number of aromatic nitrogens is 2. The van der Waals surface area contributed by atoms with E-state index in [0.717, 1.165) is 27.9 Å². The van der Waals surface area contributed by atoms with Crippen LogP contribution in [0.2, 0.25) is 5.02 Å². The molecule has 1 amide bonds. The zero-order chi connectivity index (χ0) is 16.2. The summed E-state index contributed by atoms with van der Waals surface area (Å²) in [7, 11) is 0. The standard InChI is InChI=1S/C16H17ClN4OS/c17-11-1-2-13-12(7-11)10(8-20-13)4-6-19-16(22)14-9-23-15(21-14)3-5-18/h1-2,7-9,20H,3-6,18H2,(H,19,22). The Bertz CT molecular complexity index is 826. The number of aromatic amines is 1. The summed E-state index contributed by atoms with van der Waals surface area (Å²) >= 11 is 7.51. The van der Waals surface area contributed by atoms with Crippen LogP contribution in [-0.4, -0.2) is 29.0 Å². The van der Waals surface area contributed by atoms with Crippen LogP contribution in [0.3, 0.4) is 0 Å². The molecule has 2 aromatic heterocycles. The van der Waals surface area contributed by atoms with E-state index in [9.17, 15) is 4.79 Å². The number of nitrogens with zero attached hydrogens (tertiary/aromatic N) is 1. The predicted molar refractivity (Wildman–Crippen MR) is 94.2 cm³/mol. The number of hydrogen-bond donors (Lipinski definition) is 3. The van der Waals surface area contributed by atoms with Crippen molar-refractivity contribution in [3.8, 4) is 0 Å². The fourth-order valence-corrected chi connectivity index (χ4v) is 3.38. The third-order valence-electron chi connectivity index (χ3n) is 3.55. The Hall–Kier alpha value is -1.89. The van der Waals surface area contributed by atoms with Crippen LogP contribution in [-0.2, 0) is 12.8 Å². The molecule has 0 saturated heterocycles.